The first kappa shape index (κ1) is 16.9. The number of benzene rings is 1. The van der Waals surface area contributed by atoms with Gasteiger partial charge in [0.05, 0.1) is 5.41 Å². The number of hydrogen-bond acceptors (Lipinski definition) is 3. The number of carboxylic acids is 1. The van der Waals surface area contributed by atoms with Crippen molar-refractivity contribution in [3.63, 3.8) is 0 Å². The third kappa shape index (κ3) is 3.65. The molecule has 0 radical (unpaired) electrons. The van der Waals surface area contributed by atoms with Gasteiger partial charge in [-0.25, -0.2) is 0 Å². The molecule has 1 N–H and O–H groups in total. The monoisotopic (exact) mass is 345 g/mol. The highest BCUT2D eigenvalue weighted by Crippen LogP contribution is 2.31. The Morgan fingerprint density at radius 2 is 1.91 bits per heavy atom. The van der Waals surface area contributed by atoms with E-state index in [1.807, 2.05) is 0 Å². The molecule has 1 aliphatic heterocycles. The molecule has 1 saturated heterocycles. The zero-order valence-electron chi connectivity index (χ0n) is 12.3. The standard InChI is InChI=1S/C15H17Cl2NO4/c1-9(22-12-6-10(16)5-11(17)7-12)13(19)18-4-3-15(2,8-18)14(20)21/h5-7,9H,3-4,8H2,1-2H3,(H,20,21). The Kier molecular flexibility index (Phi) is 4.87. The van der Waals surface area contributed by atoms with E-state index in [1.54, 1.807) is 32.0 Å². The van der Waals surface area contributed by atoms with E-state index in [-0.39, 0.29) is 12.5 Å². The van der Waals surface area contributed by atoms with Crippen LogP contribution < -0.4 is 4.74 Å². The third-order valence-electron chi connectivity index (χ3n) is 3.80. The van der Waals surface area contributed by atoms with Gasteiger partial charge in [-0.05, 0) is 38.5 Å². The minimum Gasteiger partial charge on any atom is -0.481 e. The smallest absolute Gasteiger partial charge is 0.311 e. The summed E-state index contributed by atoms with van der Waals surface area (Å²) in [6.07, 6.45) is -0.310. The average molecular weight is 346 g/mol. The molecule has 1 aromatic carbocycles. The zero-order chi connectivity index (χ0) is 16.5. The summed E-state index contributed by atoms with van der Waals surface area (Å²) in [7, 11) is 0. The lowest BCUT2D eigenvalue weighted by molar-refractivity contribution is -0.147. The van der Waals surface area contributed by atoms with Crippen LogP contribution in [-0.4, -0.2) is 41.1 Å². The third-order valence-corrected chi connectivity index (χ3v) is 4.23. The lowest BCUT2D eigenvalue weighted by Gasteiger charge is -2.23. The van der Waals surface area contributed by atoms with Gasteiger partial charge >= 0.3 is 5.97 Å². The maximum Gasteiger partial charge on any atom is 0.311 e. The fourth-order valence-corrected chi connectivity index (χ4v) is 2.94. The molecule has 7 heteroatoms. The predicted molar refractivity (Wildman–Crippen MR) is 83.5 cm³/mol. The molecule has 120 valence electrons. The molecule has 1 aromatic rings. The fourth-order valence-electron chi connectivity index (χ4n) is 2.43. The van der Waals surface area contributed by atoms with Gasteiger partial charge in [0.15, 0.2) is 6.10 Å². The predicted octanol–water partition coefficient (Wildman–Crippen LogP) is 3.08. The lowest BCUT2D eigenvalue weighted by Crippen LogP contribution is -2.41. The van der Waals surface area contributed by atoms with E-state index in [2.05, 4.69) is 0 Å². The van der Waals surface area contributed by atoms with E-state index >= 15 is 0 Å². The average Bonchev–Trinajstić information content (AvgIpc) is 2.80. The Morgan fingerprint density at radius 3 is 2.41 bits per heavy atom. The van der Waals surface area contributed by atoms with Crippen molar-refractivity contribution in [2.45, 2.75) is 26.4 Å². The van der Waals surface area contributed by atoms with Gasteiger partial charge in [-0.1, -0.05) is 23.2 Å². The van der Waals surface area contributed by atoms with Crippen LogP contribution in [0.2, 0.25) is 10.0 Å². The van der Waals surface area contributed by atoms with Gasteiger partial charge in [0.1, 0.15) is 5.75 Å². The summed E-state index contributed by atoms with van der Waals surface area (Å²) in [6, 6.07) is 4.71. The highest BCUT2D eigenvalue weighted by molar-refractivity contribution is 6.34. The molecular weight excluding hydrogens is 329 g/mol. The maximum absolute atomic E-state index is 12.4. The number of carbonyl (C=O) groups excluding carboxylic acids is 1. The van der Waals surface area contributed by atoms with Crippen LogP contribution in [-0.2, 0) is 9.59 Å². The molecule has 1 aliphatic rings. The molecule has 0 spiro atoms. The van der Waals surface area contributed by atoms with Crippen molar-refractivity contribution in [3.05, 3.63) is 28.2 Å². The topological polar surface area (TPSA) is 66.8 Å². The number of hydrogen-bond donors (Lipinski definition) is 1. The summed E-state index contributed by atoms with van der Waals surface area (Å²) in [6.45, 7) is 3.86. The highest BCUT2D eigenvalue weighted by atomic mass is 35.5. The van der Waals surface area contributed by atoms with Gasteiger partial charge < -0.3 is 14.7 Å². The fraction of sp³-hybridized carbons (Fsp3) is 0.467. The molecule has 0 aliphatic carbocycles. The quantitative estimate of drug-likeness (QED) is 0.910. The van der Waals surface area contributed by atoms with Crippen molar-refractivity contribution in [3.8, 4) is 5.75 Å². The Morgan fingerprint density at radius 1 is 1.32 bits per heavy atom. The largest absolute Gasteiger partial charge is 0.481 e. The van der Waals surface area contributed by atoms with Crippen LogP contribution in [0, 0.1) is 5.41 Å². The molecule has 1 amide bonds. The summed E-state index contributed by atoms with van der Waals surface area (Å²) in [4.78, 5) is 25.1. The molecular formula is C15H17Cl2NO4. The van der Waals surface area contributed by atoms with Crippen LogP contribution in [0.1, 0.15) is 20.3 Å². The molecule has 0 saturated carbocycles. The molecule has 2 unspecified atom stereocenters. The normalized spacial score (nSPS) is 22.5. The van der Waals surface area contributed by atoms with Crippen LogP contribution in [0.5, 0.6) is 5.75 Å². The van der Waals surface area contributed by atoms with Crippen molar-refractivity contribution in [2.75, 3.05) is 13.1 Å². The number of amides is 1. The van der Waals surface area contributed by atoms with Crippen molar-refractivity contribution in [1.29, 1.82) is 0 Å². The highest BCUT2D eigenvalue weighted by Gasteiger charge is 2.43. The van der Waals surface area contributed by atoms with Gasteiger partial charge in [-0.15, -0.1) is 0 Å². The van der Waals surface area contributed by atoms with Crippen LogP contribution >= 0.6 is 23.2 Å². The Bertz CT molecular complexity index is 587. The number of ether oxygens (including phenoxy) is 1. The van der Waals surface area contributed by atoms with E-state index in [0.29, 0.717) is 28.8 Å². The van der Waals surface area contributed by atoms with E-state index in [0.717, 1.165) is 0 Å². The summed E-state index contributed by atoms with van der Waals surface area (Å²) in [5.41, 5.74) is -0.894. The van der Waals surface area contributed by atoms with Gasteiger partial charge in [-0.3, -0.25) is 9.59 Å². The Balaban J connectivity index is 2.02. The first-order chi connectivity index (χ1) is 10.2. The zero-order valence-corrected chi connectivity index (χ0v) is 13.8. The molecule has 2 rings (SSSR count). The molecule has 2 atom stereocenters. The van der Waals surface area contributed by atoms with Crippen LogP contribution in [0.4, 0.5) is 0 Å². The first-order valence-corrected chi connectivity index (χ1v) is 7.62. The van der Waals surface area contributed by atoms with E-state index < -0.39 is 17.5 Å². The summed E-state index contributed by atoms with van der Waals surface area (Å²) in [5, 5.41) is 10.0. The summed E-state index contributed by atoms with van der Waals surface area (Å²) >= 11 is 11.8. The van der Waals surface area contributed by atoms with Crippen molar-refractivity contribution >= 4 is 35.1 Å². The van der Waals surface area contributed by atoms with Gasteiger partial charge in [0.2, 0.25) is 0 Å². The van der Waals surface area contributed by atoms with Crippen LogP contribution in [0.15, 0.2) is 18.2 Å². The van der Waals surface area contributed by atoms with E-state index in [9.17, 15) is 14.7 Å². The number of halogens is 2. The van der Waals surface area contributed by atoms with Gasteiger partial charge in [0.25, 0.3) is 5.91 Å². The summed E-state index contributed by atoms with van der Waals surface area (Å²) < 4.78 is 5.57. The number of carboxylic acid groups (broad SMARTS) is 1. The maximum atomic E-state index is 12.4. The minimum atomic E-state index is -0.894. The lowest BCUT2D eigenvalue weighted by atomic mass is 9.90. The second-order valence-electron chi connectivity index (χ2n) is 5.74. The van der Waals surface area contributed by atoms with Gasteiger partial charge in [0, 0.05) is 23.1 Å². The number of aliphatic carboxylic acids is 1. The molecule has 0 bridgehead atoms. The molecule has 1 heterocycles. The van der Waals surface area contributed by atoms with Crippen molar-refractivity contribution in [1.82, 2.24) is 4.90 Å². The Labute approximate surface area is 138 Å². The molecule has 0 aromatic heterocycles. The van der Waals surface area contributed by atoms with Crippen LogP contribution in [0.25, 0.3) is 0 Å². The SMILES string of the molecule is CC(Oc1cc(Cl)cc(Cl)c1)C(=O)N1CCC(C)(C(=O)O)C1. The number of rotatable bonds is 4. The second-order valence-corrected chi connectivity index (χ2v) is 6.61. The van der Waals surface area contributed by atoms with E-state index in [4.69, 9.17) is 27.9 Å². The Hall–Kier alpha value is -1.46. The second kappa shape index (κ2) is 6.34. The van der Waals surface area contributed by atoms with E-state index in [1.165, 1.54) is 4.90 Å². The first-order valence-electron chi connectivity index (χ1n) is 6.86. The number of likely N-dealkylation sites (tertiary alicyclic amines) is 1. The molecule has 22 heavy (non-hydrogen) atoms. The molecule has 1 fully saturated rings. The number of carbonyl (C=O) groups is 2. The van der Waals surface area contributed by atoms with Crippen molar-refractivity contribution < 1.29 is 19.4 Å². The number of nitrogens with zero attached hydrogens (tertiary/aromatic N) is 1. The van der Waals surface area contributed by atoms with Gasteiger partial charge in [-0.2, -0.15) is 0 Å². The molecule has 5 nitrogen and oxygen atoms in total. The van der Waals surface area contributed by atoms with Crippen molar-refractivity contribution in [2.24, 2.45) is 5.41 Å². The minimum absolute atomic E-state index is 0.186. The summed E-state index contributed by atoms with van der Waals surface area (Å²) in [5.74, 6) is -0.738. The van der Waals surface area contributed by atoms with Crippen LogP contribution in [0.3, 0.4) is 0 Å².